The Bertz CT molecular complexity index is 174. The lowest BCUT2D eigenvalue weighted by molar-refractivity contribution is 0.0173. The van der Waals surface area contributed by atoms with E-state index in [0.29, 0.717) is 6.42 Å². The summed E-state index contributed by atoms with van der Waals surface area (Å²) in [4.78, 5) is 0. The monoisotopic (exact) mass is 273 g/mol. The molecule has 3 nitrogen and oxygen atoms in total. The van der Waals surface area contributed by atoms with Crippen molar-refractivity contribution < 1.29 is 10.2 Å². The zero-order valence-corrected chi connectivity index (χ0v) is 12.8. The third-order valence-electron chi connectivity index (χ3n) is 3.75. The molecule has 0 bridgehead atoms. The Hall–Kier alpha value is -0.120. The summed E-state index contributed by atoms with van der Waals surface area (Å²) in [6.07, 6.45) is 14.5. The predicted octanol–water partition coefficient (Wildman–Crippen LogP) is 3.72. The fourth-order valence-electron chi connectivity index (χ4n) is 2.37. The molecule has 116 valence electrons. The normalized spacial score (nSPS) is 14.5. The Morgan fingerprint density at radius 1 is 0.684 bits per heavy atom. The molecule has 0 heterocycles. The maximum absolute atomic E-state index is 9.31. The fraction of sp³-hybridized carbons (Fsp3) is 1.00. The minimum atomic E-state index is -1.08. The van der Waals surface area contributed by atoms with Crippen molar-refractivity contribution >= 4 is 0 Å². The SMILES string of the molecule is CCCCCCCCCCCCCCC(O)C(N)O. The highest BCUT2D eigenvalue weighted by atomic mass is 16.3. The van der Waals surface area contributed by atoms with Gasteiger partial charge in [0, 0.05) is 0 Å². The molecule has 0 spiro atoms. The first-order valence-corrected chi connectivity index (χ1v) is 8.30. The van der Waals surface area contributed by atoms with Crippen molar-refractivity contribution in [3.63, 3.8) is 0 Å². The Labute approximate surface area is 119 Å². The number of aliphatic hydroxyl groups is 2. The molecule has 0 amide bonds. The summed E-state index contributed by atoms with van der Waals surface area (Å²) in [5.74, 6) is 0. The van der Waals surface area contributed by atoms with Gasteiger partial charge in [-0.3, -0.25) is 0 Å². The topological polar surface area (TPSA) is 66.5 Å². The minimum Gasteiger partial charge on any atom is -0.389 e. The number of rotatable bonds is 14. The summed E-state index contributed by atoms with van der Waals surface area (Å²) < 4.78 is 0. The fourth-order valence-corrected chi connectivity index (χ4v) is 2.37. The summed E-state index contributed by atoms with van der Waals surface area (Å²) in [7, 11) is 0. The predicted molar refractivity (Wildman–Crippen MR) is 81.9 cm³/mol. The van der Waals surface area contributed by atoms with Gasteiger partial charge in [0.1, 0.15) is 6.23 Å². The second kappa shape index (κ2) is 14.3. The third-order valence-corrected chi connectivity index (χ3v) is 3.75. The molecule has 0 rings (SSSR count). The Balaban J connectivity index is 3.03. The van der Waals surface area contributed by atoms with Gasteiger partial charge >= 0.3 is 0 Å². The van der Waals surface area contributed by atoms with Gasteiger partial charge in [-0.25, -0.2) is 0 Å². The lowest BCUT2D eigenvalue weighted by Gasteiger charge is -2.12. The number of nitrogens with two attached hydrogens (primary N) is 1. The second-order valence-corrected chi connectivity index (χ2v) is 5.74. The van der Waals surface area contributed by atoms with Crippen LogP contribution in [0.4, 0.5) is 0 Å². The van der Waals surface area contributed by atoms with Gasteiger partial charge < -0.3 is 15.9 Å². The summed E-state index contributed by atoms with van der Waals surface area (Å²) in [5.41, 5.74) is 5.18. The van der Waals surface area contributed by atoms with Gasteiger partial charge in [-0.2, -0.15) is 0 Å². The maximum atomic E-state index is 9.31. The summed E-state index contributed by atoms with van der Waals surface area (Å²) in [5, 5.41) is 18.2. The molecule has 0 aromatic rings. The summed E-state index contributed by atoms with van der Waals surface area (Å²) in [6, 6.07) is 0. The Morgan fingerprint density at radius 2 is 1.05 bits per heavy atom. The molecule has 0 aliphatic carbocycles. The van der Waals surface area contributed by atoms with Gasteiger partial charge in [-0.05, 0) is 6.42 Å². The van der Waals surface area contributed by atoms with E-state index in [1.165, 1.54) is 64.2 Å². The molecule has 3 heteroatoms. The van der Waals surface area contributed by atoms with E-state index >= 15 is 0 Å². The van der Waals surface area contributed by atoms with Crippen LogP contribution in [0.3, 0.4) is 0 Å². The van der Waals surface area contributed by atoms with Crippen LogP contribution in [-0.4, -0.2) is 22.5 Å². The van der Waals surface area contributed by atoms with E-state index in [1.54, 1.807) is 0 Å². The number of aliphatic hydroxyl groups excluding tert-OH is 2. The van der Waals surface area contributed by atoms with Crippen LogP contribution in [0.2, 0.25) is 0 Å². The Kier molecular flexibility index (Phi) is 14.2. The highest BCUT2D eigenvalue weighted by Crippen LogP contribution is 2.13. The summed E-state index contributed by atoms with van der Waals surface area (Å²) in [6.45, 7) is 2.26. The zero-order valence-electron chi connectivity index (χ0n) is 12.8. The summed E-state index contributed by atoms with van der Waals surface area (Å²) >= 11 is 0. The van der Waals surface area contributed by atoms with Gasteiger partial charge in [0.25, 0.3) is 0 Å². The molecule has 4 N–H and O–H groups in total. The quantitative estimate of drug-likeness (QED) is 0.334. The van der Waals surface area contributed by atoms with Crippen molar-refractivity contribution in [2.45, 2.75) is 103 Å². The van der Waals surface area contributed by atoms with Crippen LogP contribution in [-0.2, 0) is 0 Å². The molecule has 0 aromatic carbocycles. The van der Waals surface area contributed by atoms with E-state index in [1.807, 2.05) is 0 Å². The average Bonchev–Trinajstić information content (AvgIpc) is 2.39. The zero-order chi connectivity index (χ0) is 14.3. The molecule has 0 aliphatic rings. The standard InChI is InChI=1S/C16H35NO2/c1-2-3-4-5-6-7-8-9-10-11-12-13-14-15(18)16(17)19/h15-16,18-19H,2-14,17H2,1H3. The first kappa shape index (κ1) is 18.9. The lowest BCUT2D eigenvalue weighted by atomic mass is 10.0. The Morgan fingerprint density at radius 3 is 1.42 bits per heavy atom. The molecule has 0 saturated carbocycles. The lowest BCUT2D eigenvalue weighted by Crippen LogP contribution is -2.33. The molecule has 2 atom stereocenters. The smallest absolute Gasteiger partial charge is 0.128 e. The van der Waals surface area contributed by atoms with E-state index < -0.39 is 12.3 Å². The molecule has 0 saturated heterocycles. The van der Waals surface area contributed by atoms with Crippen LogP contribution in [0, 0.1) is 0 Å². The molecule has 0 aromatic heterocycles. The highest BCUT2D eigenvalue weighted by Gasteiger charge is 2.09. The van der Waals surface area contributed by atoms with Gasteiger partial charge in [-0.15, -0.1) is 0 Å². The molecule has 0 aliphatic heterocycles. The molecule has 0 radical (unpaired) electrons. The van der Waals surface area contributed by atoms with Crippen LogP contribution >= 0.6 is 0 Å². The third kappa shape index (κ3) is 14.1. The van der Waals surface area contributed by atoms with Crippen molar-refractivity contribution in [2.24, 2.45) is 5.73 Å². The van der Waals surface area contributed by atoms with E-state index in [4.69, 9.17) is 10.8 Å². The van der Waals surface area contributed by atoms with Gasteiger partial charge in [0.15, 0.2) is 0 Å². The van der Waals surface area contributed by atoms with Crippen molar-refractivity contribution in [3.8, 4) is 0 Å². The van der Waals surface area contributed by atoms with Crippen LogP contribution in [0.15, 0.2) is 0 Å². The van der Waals surface area contributed by atoms with Crippen LogP contribution in [0.25, 0.3) is 0 Å². The van der Waals surface area contributed by atoms with Crippen LogP contribution in [0.5, 0.6) is 0 Å². The largest absolute Gasteiger partial charge is 0.389 e. The van der Waals surface area contributed by atoms with Crippen LogP contribution < -0.4 is 5.73 Å². The van der Waals surface area contributed by atoms with Crippen molar-refractivity contribution in [1.29, 1.82) is 0 Å². The molecular formula is C16H35NO2. The van der Waals surface area contributed by atoms with E-state index in [-0.39, 0.29) is 0 Å². The minimum absolute atomic E-state index is 0.620. The van der Waals surface area contributed by atoms with Crippen molar-refractivity contribution in [1.82, 2.24) is 0 Å². The van der Waals surface area contributed by atoms with Gasteiger partial charge in [-0.1, -0.05) is 84.0 Å². The van der Waals surface area contributed by atoms with E-state index in [9.17, 15) is 5.11 Å². The van der Waals surface area contributed by atoms with Crippen molar-refractivity contribution in [2.75, 3.05) is 0 Å². The second-order valence-electron chi connectivity index (χ2n) is 5.74. The number of hydrogen-bond acceptors (Lipinski definition) is 3. The highest BCUT2D eigenvalue weighted by molar-refractivity contribution is 4.60. The van der Waals surface area contributed by atoms with E-state index in [0.717, 1.165) is 12.8 Å². The average molecular weight is 273 g/mol. The molecular weight excluding hydrogens is 238 g/mol. The first-order chi connectivity index (χ1) is 9.18. The first-order valence-electron chi connectivity index (χ1n) is 8.30. The van der Waals surface area contributed by atoms with E-state index in [2.05, 4.69) is 6.92 Å². The molecule has 0 fully saturated rings. The van der Waals surface area contributed by atoms with Crippen LogP contribution in [0.1, 0.15) is 90.4 Å². The maximum Gasteiger partial charge on any atom is 0.128 e. The molecule has 19 heavy (non-hydrogen) atoms. The number of unbranched alkanes of at least 4 members (excludes halogenated alkanes) is 11. The van der Waals surface area contributed by atoms with Crippen molar-refractivity contribution in [3.05, 3.63) is 0 Å². The number of hydrogen-bond donors (Lipinski definition) is 3. The van der Waals surface area contributed by atoms with Gasteiger partial charge in [0.05, 0.1) is 6.10 Å². The molecule has 2 unspecified atom stereocenters. The van der Waals surface area contributed by atoms with Gasteiger partial charge in [0.2, 0.25) is 0 Å².